The Bertz CT molecular complexity index is 1470. The number of anilines is 2. The van der Waals surface area contributed by atoms with Crippen LogP contribution in [0.2, 0.25) is 0 Å². The molecule has 11 nitrogen and oxygen atoms in total. The molecule has 0 radical (unpaired) electrons. The maximum absolute atomic E-state index is 13.4. The van der Waals surface area contributed by atoms with Gasteiger partial charge in [-0.05, 0) is 54.7 Å². The first-order valence-electron chi connectivity index (χ1n) is 12.5. The lowest BCUT2D eigenvalue weighted by molar-refractivity contribution is -0.119. The van der Waals surface area contributed by atoms with Gasteiger partial charge in [0.2, 0.25) is 23.0 Å². The van der Waals surface area contributed by atoms with Crippen LogP contribution >= 0.6 is 0 Å². The van der Waals surface area contributed by atoms with Gasteiger partial charge in [0.15, 0.2) is 11.5 Å². The molecular weight excluding hydrogens is 502 g/mol. The highest BCUT2D eigenvalue weighted by atomic mass is 16.5. The van der Waals surface area contributed by atoms with E-state index in [-0.39, 0.29) is 22.9 Å². The molecule has 2 aromatic carbocycles. The number of carbonyl (C=O) groups is 2. The summed E-state index contributed by atoms with van der Waals surface area (Å²) < 4.78 is 18.6. The van der Waals surface area contributed by atoms with Crippen molar-refractivity contribution < 1.29 is 23.8 Å². The highest BCUT2D eigenvalue weighted by Crippen LogP contribution is 2.50. The molecule has 4 rings (SSSR count). The third-order valence-corrected chi connectivity index (χ3v) is 6.65. The van der Waals surface area contributed by atoms with E-state index in [9.17, 15) is 14.4 Å². The highest BCUT2D eigenvalue weighted by Gasteiger charge is 2.29. The number of ether oxygens (including phenoxy) is 3. The zero-order valence-corrected chi connectivity index (χ0v) is 22.9. The molecule has 1 aromatic heterocycles. The van der Waals surface area contributed by atoms with E-state index in [1.807, 2.05) is 6.07 Å². The van der Waals surface area contributed by atoms with Crippen molar-refractivity contribution >= 4 is 23.2 Å². The summed E-state index contributed by atoms with van der Waals surface area (Å²) in [7, 11) is 6.39. The minimum absolute atomic E-state index is 0.211. The quantitative estimate of drug-likeness (QED) is 0.401. The molecular formula is C28H33N5O6. The minimum atomic E-state index is -0.725. The van der Waals surface area contributed by atoms with Gasteiger partial charge in [-0.3, -0.25) is 19.1 Å². The molecule has 1 aliphatic carbocycles. The fraction of sp³-hybridized carbons (Fsp3) is 0.357. The molecule has 1 heterocycles. The van der Waals surface area contributed by atoms with Crippen LogP contribution < -0.4 is 35.6 Å². The minimum Gasteiger partial charge on any atom is -0.493 e. The maximum atomic E-state index is 13.4. The Morgan fingerprint density at radius 1 is 1.10 bits per heavy atom. The number of benzene rings is 1. The first-order valence-corrected chi connectivity index (χ1v) is 12.5. The summed E-state index contributed by atoms with van der Waals surface area (Å²) in [5, 5.41) is 12.8. The standard InChI is InChI=1S/C28H33N5O6/c1-15(28(36)32-18-13-29-33(3)14-18)30-22-10-8-19-20(12-23(22)35)21(31-16(2)34)9-7-17-11-24(37-4)26(38-5)27(39-6)25(17)19/h8,10-15,21H,7,9H2,1-6H3,(H,30,35)(H,31,34)(H,32,36). The topological polar surface area (TPSA) is 133 Å². The fourth-order valence-corrected chi connectivity index (χ4v) is 4.86. The third kappa shape index (κ3) is 5.66. The van der Waals surface area contributed by atoms with Crippen molar-refractivity contribution in [3.63, 3.8) is 0 Å². The number of aromatic nitrogens is 2. The number of amides is 2. The molecule has 0 spiro atoms. The summed E-state index contributed by atoms with van der Waals surface area (Å²) in [6.45, 7) is 3.11. The Hall–Kier alpha value is -4.54. The van der Waals surface area contributed by atoms with Crippen molar-refractivity contribution in [1.29, 1.82) is 0 Å². The van der Waals surface area contributed by atoms with E-state index in [1.54, 1.807) is 57.4 Å². The number of fused-ring (bicyclic) bond motifs is 3. The summed E-state index contributed by atoms with van der Waals surface area (Å²) in [4.78, 5) is 38.3. The molecule has 0 saturated carbocycles. The average Bonchev–Trinajstić information content (AvgIpc) is 3.17. The zero-order valence-electron chi connectivity index (χ0n) is 22.9. The summed E-state index contributed by atoms with van der Waals surface area (Å²) in [5.41, 5.74) is 3.49. The SMILES string of the molecule is COc1cc2c(c(OC)c1OC)-c1ccc(NC(C)C(=O)Nc3cnn(C)c3)c(=O)cc1C(NC(C)=O)CC2. The van der Waals surface area contributed by atoms with Gasteiger partial charge in [0.1, 0.15) is 6.04 Å². The summed E-state index contributed by atoms with van der Waals surface area (Å²) >= 11 is 0. The van der Waals surface area contributed by atoms with Crippen molar-refractivity contribution in [1.82, 2.24) is 15.1 Å². The van der Waals surface area contributed by atoms with Crippen molar-refractivity contribution in [2.45, 2.75) is 38.8 Å². The van der Waals surface area contributed by atoms with E-state index in [1.165, 1.54) is 20.1 Å². The largest absolute Gasteiger partial charge is 0.493 e. The predicted molar refractivity (Wildman–Crippen MR) is 148 cm³/mol. The first-order chi connectivity index (χ1) is 18.7. The molecule has 0 saturated heterocycles. The van der Waals surface area contributed by atoms with Crippen molar-refractivity contribution in [3.05, 3.63) is 58.0 Å². The van der Waals surface area contributed by atoms with E-state index < -0.39 is 12.1 Å². The van der Waals surface area contributed by atoms with E-state index in [0.29, 0.717) is 46.9 Å². The Balaban J connectivity index is 1.82. The van der Waals surface area contributed by atoms with Gasteiger partial charge >= 0.3 is 0 Å². The molecule has 3 N–H and O–H groups in total. The fourth-order valence-electron chi connectivity index (χ4n) is 4.86. The molecule has 1 aliphatic rings. The molecule has 0 bridgehead atoms. The number of hydrogen-bond donors (Lipinski definition) is 3. The van der Waals surface area contributed by atoms with Crippen LogP contribution in [0.25, 0.3) is 11.1 Å². The normalized spacial score (nSPS) is 14.7. The molecule has 3 aromatic rings. The third-order valence-electron chi connectivity index (χ3n) is 6.65. The van der Waals surface area contributed by atoms with Crippen LogP contribution in [0.1, 0.15) is 37.4 Å². The summed E-state index contributed by atoms with van der Waals surface area (Å²) in [5.74, 6) is 0.880. The van der Waals surface area contributed by atoms with Crippen LogP contribution in [0, 0.1) is 0 Å². The number of nitrogens with one attached hydrogen (secondary N) is 3. The Morgan fingerprint density at radius 3 is 2.46 bits per heavy atom. The number of rotatable bonds is 8. The van der Waals surface area contributed by atoms with Gasteiger partial charge in [-0.2, -0.15) is 5.10 Å². The van der Waals surface area contributed by atoms with E-state index in [0.717, 1.165) is 11.1 Å². The second-order valence-electron chi connectivity index (χ2n) is 9.35. The summed E-state index contributed by atoms with van der Waals surface area (Å²) in [6.07, 6.45) is 4.37. The summed E-state index contributed by atoms with van der Waals surface area (Å²) in [6, 6.07) is 5.70. The Morgan fingerprint density at radius 2 is 1.85 bits per heavy atom. The van der Waals surface area contributed by atoms with Gasteiger partial charge in [-0.1, -0.05) is 6.07 Å². The smallest absolute Gasteiger partial charge is 0.246 e. The lowest BCUT2D eigenvalue weighted by Crippen LogP contribution is -2.33. The number of hydrogen-bond acceptors (Lipinski definition) is 8. The number of aryl methyl sites for hydroxylation is 2. The maximum Gasteiger partial charge on any atom is 0.246 e. The van der Waals surface area contributed by atoms with Crippen LogP contribution in [-0.2, 0) is 23.1 Å². The molecule has 11 heteroatoms. The molecule has 0 aliphatic heterocycles. The Labute approximate surface area is 226 Å². The second-order valence-corrected chi connectivity index (χ2v) is 9.35. The monoisotopic (exact) mass is 535 g/mol. The molecule has 0 fully saturated rings. The molecule has 2 amide bonds. The average molecular weight is 536 g/mol. The van der Waals surface area contributed by atoms with Crippen molar-refractivity contribution in [2.24, 2.45) is 7.05 Å². The van der Waals surface area contributed by atoms with Gasteiger partial charge < -0.3 is 30.2 Å². The van der Waals surface area contributed by atoms with Gasteiger partial charge in [0.05, 0.1) is 44.9 Å². The molecule has 2 atom stereocenters. The van der Waals surface area contributed by atoms with Crippen LogP contribution in [0.4, 0.5) is 11.4 Å². The second kappa shape index (κ2) is 11.5. The van der Waals surface area contributed by atoms with Crippen LogP contribution in [-0.4, -0.2) is 49.0 Å². The number of carbonyl (C=O) groups excluding carboxylic acids is 2. The zero-order chi connectivity index (χ0) is 28.3. The first kappa shape index (κ1) is 27.5. The highest BCUT2D eigenvalue weighted by molar-refractivity contribution is 5.96. The number of methoxy groups -OCH3 is 3. The molecule has 206 valence electrons. The lowest BCUT2D eigenvalue weighted by atomic mass is 9.95. The van der Waals surface area contributed by atoms with Crippen molar-refractivity contribution in [2.75, 3.05) is 32.0 Å². The van der Waals surface area contributed by atoms with E-state index >= 15 is 0 Å². The van der Waals surface area contributed by atoms with Gasteiger partial charge in [0.25, 0.3) is 0 Å². The van der Waals surface area contributed by atoms with Crippen molar-refractivity contribution in [3.8, 4) is 28.4 Å². The van der Waals surface area contributed by atoms with Gasteiger partial charge in [-0.15, -0.1) is 0 Å². The van der Waals surface area contributed by atoms with Crippen LogP contribution in [0.15, 0.2) is 41.5 Å². The van der Waals surface area contributed by atoms with Crippen LogP contribution in [0.5, 0.6) is 17.2 Å². The van der Waals surface area contributed by atoms with E-state index in [4.69, 9.17) is 14.2 Å². The lowest BCUT2D eigenvalue weighted by Gasteiger charge is -2.19. The molecule has 39 heavy (non-hydrogen) atoms. The Kier molecular flexibility index (Phi) is 8.08. The van der Waals surface area contributed by atoms with Gasteiger partial charge in [0, 0.05) is 25.7 Å². The number of nitrogens with zero attached hydrogens (tertiary/aromatic N) is 2. The van der Waals surface area contributed by atoms with Crippen LogP contribution in [0.3, 0.4) is 0 Å². The predicted octanol–water partition coefficient (Wildman–Crippen LogP) is 3.04. The molecule has 2 unspecified atom stereocenters. The van der Waals surface area contributed by atoms with Gasteiger partial charge in [-0.25, -0.2) is 0 Å². The van der Waals surface area contributed by atoms with E-state index in [2.05, 4.69) is 21.0 Å².